The number of carboxylic acids is 1. The van der Waals surface area contributed by atoms with Crippen molar-refractivity contribution in [3.05, 3.63) is 0 Å². The van der Waals surface area contributed by atoms with Crippen molar-refractivity contribution in [1.29, 1.82) is 0 Å². The third-order valence-corrected chi connectivity index (χ3v) is 4.29. The van der Waals surface area contributed by atoms with Crippen LogP contribution < -0.4 is 5.32 Å². The molecule has 0 aromatic heterocycles. The minimum Gasteiger partial charge on any atom is -0.481 e. The van der Waals surface area contributed by atoms with E-state index in [-0.39, 0.29) is 18.3 Å². The van der Waals surface area contributed by atoms with Gasteiger partial charge in [0.05, 0.1) is 7.11 Å². The molecule has 1 aliphatic rings. The molecule has 1 aliphatic heterocycles. The summed E-state index contributed by atoms with van der Waals surface area (Å²) in [6.07, 6.45) is 9.17. The lowest BCUT2D eigenvalue weighted by atomic mass is 9.85. The number of hydrogen-bond donors (Lipinski definition) is 2. The van der Waals surface area contributed by atoms with E-state index in [9.17, 15) is 9.59 Å². The Morgan fingerprint density at radius 3 is 2.62 bits per heavy atom. The zero-order chi connectivity index (χ0) is 15.5. The highest BCUT2D eigenvalue weighted by molar-refractivity contribution is 5.69. The molecule has 2 unspecified atom stereocenters. The smallest absolute Gasteiger partial charge is 0.305 e. The molecule has 122 valence electrons. The first-order chi connectivity index (χ1) is 10.1. The van der Waals surface area contributed by atoms with Gasteiger partial charge in [-0.25, -0.2) is 0 Å². The Kier molecular flexibility index (Phi) is 9.06. The van der Waals surface area contributed by atoms with E-state index in [1.54, 1.807) is 0 Å². The number of hydrogen-bond acceptors (Lipinski definition) is 4. The molecule has 1 saturated heterocycles. The number of carbonyl (C=O) groups excluding carboxylic acids is 1. The highest BCUT2D eigenvalue weighted by atomic mass is 16.5. The van der Waals surface area contributed by atoms with Gasteiger partial charge in [0.15, 0.2) is 0 Å². The number of esters is 1. The summed E-state index contributed by atoms with van der Waals surface area (Å²) in [6, 6.07) is 0.366. The summed E-state index contributed by atoms with van der Waals surface area (Å²) in [5.74, 6) is -0.605. The number of carboxylic acid groups (broad SMARTS) is 1. The number of methoxy groups -OCH3 is 1. The molecule has 5 nitrogen and oxygen atoms in total. The maximum absolute atomic E-state index is 11.0. The van der Waals surface area contributed by atoms with Gasteiger partial charge < -0.3 is 15.2 Å². The number of aliphatic carboxylic acids is 1. The highest BCUT2D eigenvalue weighted by Crippen LogP contribution is 2.24. The molecule has 2 atom stereocenters. The van der Waals surface area contributed by atoms with Crippen molar-refractivity contribution in [1.82, 2.24) is 5.32 Å². The van der Waals surface area contributed by atoms with E-state index in [1.165, 1.54) is 20.0 Å². The van der Waals surface area contributed by atoms with Crippen molar-refractivity contribution in [2.45, 2.75) is 70.3 Å². The molecular weight excluding hydrogens is 270 g/mol. The lowest BCUT2D eigenvalue weighted by molar-refractivity contribution is -0.141. The molecule has 0 radical (unpaired) electrons. The van der Waals surface area contributed by atoms with E-state index in [0.717, 1.165) is 45.1 Å². The fraction of sp³-hybridized carbons (Fsp3) is 0.875. The summed E-state index contributed by atoms with van der Waals surface area (Å²) in [5.41, 5.74) is 0. The van der Waals surface area contributed by atoms with Crippen LogP contribution in [0.3, 0.4) is 0 Å². The third kappa shape index (κ3) is 8.05. The highest BCUT2D eigenvalue weighted by Gasteiger charge is 2.24. The van der Waals surface area contributed by atoms with Crippen LogP contribution in [0.25, 0.3) is 0 Å². The molecule has 0 bridgehead atoms. The van der Waals surface area contributed by atoms with Crippen molar-refractivity contribution in [2.75, 3.05) is 13.7 Å². The fourth-order valence-corrected chi connectivity index (χ4v) is 3.08. The lowest BCUT2D eigenvalue weighted by Gasteiger charge is -2.30. The molecule has 5 heteroatoms. The van der Waals surface area contributed by atoms with Crippen LogP contribution >= 0.6 is 0 Å². The molecule has 1 heterocycles. The summed E-state index contributed by atoms with van der Waals surface area (Å²) >= 11 is 0. The molecule has 1 rings (SSSR count). The second-order valence-corrected chi connectivity index (χ2v) is 5.94. The molecule has 0 aromatic carbocycles. The third-order valence-electron chi connectivity index (χ3n) is 4.29. The first-order valence-corrected chi connectivity index (χ1v) is 8.15. The normalized spacial score (nSPS) is 20.0. The topological polar surface area (TPSA) is 75.6 Å². The van der Waals surface area contributed by atoms with Gasteiger partial charge in [0.1, 0.15) is 0 Å². The van der Waals surface area contributed by atoms with Crippen LogP contribution in [-0.4, -0.2) is 36.7 Å². The number of unbranched alkanes of at least 4 members (excludes halogenated alkanes) is 3. The zero-order valence-electron chi connectivity index (χ0n) is 13.1. The second-order valence-electron chi connectivity index (χ2n) is 5.94. The van der Waals surface area contributed by atoms with Gasteiger partial charge >= 0.3 is 11.9 Å². The van der Waals surface area contributed by atoms with Crippen LogP contribution in [0.1, 0.15) is 64.2 Å². The molecule has 0 amide bonds. The van der Waals surface area contributed by atoms with Gasteiger partial charge in [-0.2, -0.15) is 0 Å². The van der Waals surface area contributed by atoms with Crippen molar-refractivity contribution >= 4 is 11.9 Å². The summed E-state index contributed by atoms with van der Waals surface area (Å²) in [4.78, 5) is 22.0. The molecule has 0 spiro atoms. The molecule has 0 aromatic rings. The lowest BCUT2D eigenvalue weighted by Crippen LogP contribution is -2.40. The van der Waals surface area contributed by atoms with E-state index in [1.807, 2.05) is 0 Å². The Morgan fingerprint density at radius 2 is 2.00 bits per heavy atom. The summed E-state index contributed by atoms with van der Waals surface area (Å²) in [6.45, 7) is 1.01. The first-order valence-electron chi connectivity index (χ1n) is 8.15. The van der Waals surface area contributed by atoms with Gasteiger partial charge in [-0.3, -0.25) is 9.59 Å². The zero-order valence-corrected chi connectivity index (χ0v) is 13.1. The van der Waals surface area contributed by atoms with E-state index in [4.69, 9.17) is 5.11 Å². The Morgan fingerprint density at radius 1 is 1.24 bits per heavy atom. The van der Waals surface area contributed by atoms with Gasteiger partial charge in [-0.15, -0.1) is 0 Å². The SMILES string of the molecule is COC(=O)CCCCCCC(CC(=O)O)C1CCCCN1. The molecular formula is C16H29NO4. The van der Waals surface area contributed by atoms with Crippen LogP contribution in [0, 0.1) is 5.92 Å². The van der Waals surface area contributed by atoms with Gasteiger partial charge in [0.25, 0.3) is 0 Å². The number of carbonyl (C=O) groups is 2. The molecule has 0 aliphatic carbocycles. The summed E-state index contributed by atoms with van der Waals surface area (Å²) in [7, 11) is 1.41. The van der Waals surface area contributed by atoms with Crippen LogP contribution in [0.5, 0.6) is 0 Å². The Bertz CT molecular complexity index is 313. The van der Waals surface area contributed by atoms with Crippen molar-refractivity contribution < 1.29 is 19.4 Å². The minimum absolute atomic E-state index is 0.148. The number of piperidine rings is 1. The number of ether oxygens (including phenoxy) is 1. The van der Waals surface area contributed by atoms with E-state index >= 15 is 0 Å². The molecule has 21 heavy (non-hydrogen) atoms. The Hall–Kier alpha value is -1.10. The fourth-order valence-electron chi connectivity index (χ4n) is 3.08. The van der Waals surface area contributed by atoms with Crippen LogP contribution in [0.2, 0.25) is 0 Å². The van der Waals surface area contributed by atoms with E-state index in [2.05, 4.69) is 10.1 Å². The second kappa shape index (κ2) is 10.6. The first kappa shape index (κ1) is 18.0. The van der Waals surface area contributed by atoms with E-state index < -0.39 is 5.97 Å². The summed E-state index contributed by atoms with van der Waals surface area (Å²) in [5, 5.41) is 12.5. The monoisotopic (exact) mass is 299 g/mol. The van der Waals surface area contributed by atoms with Crippen molar-refractivity contribution in [3.8, 4) is 0 Å². The van der Waals surface area contributed by atoms with Gasteiger partial charge in [0, 0.05) is 18.9 Å². The van der Waals surface area contributed by atoms with Crippen LogP contribution in [0.4, 0.5) is 0 Å². The Labute approximate surface area is 127 Å². The van der Waals surface area contributed by atoms with Gasteiger partial charge in [0.2, 0.25) is 0 Å². The molecule has 0 saturated carbocycles. The van der Waals surface area contributed by atoms with Crippen molar-refractivity contribution in [2.24, 2.45) is 5.92 Å². The van der Waals surface area contributed by atoms with E-state index in [0.29, 0.717) is 12.5 Å². The molecule has 1 fully saturated rings. The number of rotatable bonds is 10. The minimum atomic E-state index is -0.696. The maximum atomic E-state index is 11.0. The predicted molar refractivity (Wildman–Crippen MR) is 81.1 cm³/mol. The standard InChI is InChI=1S/C16H29NO4/c1-21-16(20)10-5-3-2-4-8-13(12-15(18)19)14-9-6-7-11-17-14/h13-14,17H,2-12H2,1H3,(H,18,19). The van der Waals surface area contributed by atoms with Gasteiger partial charge in [-0.1, -0.05) is 25.7 Å². The summed E-state index contributed by atoms with van der Waals surface area (Å²) < 4.78 is 4.61. The predicted octanol–water partition coefficient (Wildman–Crippen LogP) is 2.73. The largest absolute Gasteiger partial charge is 0.481 e. The quantitative estimate of drug-likeness (QED) is 0.479. The number of nitrogens with one attached hydrogen (secondary N) is 1. The van der Waals surface area contributed by atoms with Gasteiger partial charge in [-0.05, 0) is 38.1 Å². The van der Waals surface area contributed by atoms with Crippen molar-refractivity contribution in [3.63, 3.8) is 0 Å². The Balaban J connectivity index is 2.20. The maximum Gasteiger partial charge on any atom is 0.305 e. The van der Waals surface area contributed by atoms with Crippen LogP contribution in [-0.2, 0) is 14.3 Å². The molecule has 2 N–H and O–H groups in total. The average molecular weight is 299 g/mol. The van der Waals surface area contributed by atoms with Crippen LogP contribution in [0.15, 0.2) is 0 Å². The average Bonchev–Trinajstić information content (AvgIpc) is 2.49.